The van der Waals surface area contributed by atoms with Crippen LogP contribution >= 0.6 is 0 Å². The van der Waals surface area contributed by atoms with E-state index in [9.17, 15) is 9.59 Å². The van der Waals surface area contributed by atoms with Gasteiger partial charge in [0.1, 0.15) is 12.9 Å². The number of carbonyl (C=O) groups is 2. The van der Waals surface area contributed by atoms with E-state index in [-0.39, 0.29) is 6.61 Å². The first-order valence-corrected chi connectivity index (χ1v) is 3.01. The molecule has 0 heterocycles. The molecule has 0 aromatic rings. The van der Waals surface area contributed by atoms with Gasteiger partial charge in [0, 0.05) is 5.92 Å². The minimum absolute atomic E-state index is 0.0895. The fourth-order valence-electron chi connectivity index (χ4n) is 0.373. The van der Waals surface area contributed by atoms with E-state index < -0.39 is 5.97 Å². The topological polar surface area (TPSA) is 43.4 Å². The van der Waals surface area contributed by atoms with E-state index in [4.69, 9.17) is 0 Å². The van der Waals surface area contributed by atoms with Crippen molar-refractivity contribution in [3.05, 3.63) is 12.2 Å². The van der Waals surface area contributed by atoms with Gasteiger partial charge in [0.15, 0.2) is 0 Å². The zero-order chi connectivity index (χ0) is 8.53. The molecular formula is C8H8O3. The van der Waals surface area contributed by atoms with Crippen molar-refractivity contribution in [1.82, 2.24) is 0 Å². The van der Waals surface area contributed by atoms with Crippen LogP contribution in [0.25, 0.3) is 0 Å². The van der Waals surface area contributed by atoms with E-state index in [0.29, 0.717) is 6.29 Å². The third-order valence-corrected chi connectivity index (χ3v) is 0.752. The summed E-state index contributed by atoms with van der Waals surface area (Å²) in [7, 11) is 0. The molecule has 0 aliphatic rings. The van der Waals surface area contributed by atoms with Gasteiger partial charge >= 0.3 is 5.97 Å². The molecule has 0 aliphatic heterocycles. The molecule has 0 bridgehead atoms. The third-order valence-electron chi connectivity index (χ3n) is 0.752. The quantitative estimate of drug-likeness (QED) is 0.192. The van der Waals surface area contributed by atoms with Gasteiger partial charge in [-0.05, 0) is 19.1 Å². The van der Waals surface area contributed by atoms with Crippen LogP contribution in [0.5, 0.6) is 0 Å². The molecule has 0 atom stereocenters. The molecular weight excluding hydrogens is 144 g/mol. The van der Waals surface area contributed by atoms with Gasteiger partial charge < -0.3 is 4.74 Å². The molecule has 0 saturated heterocycles. The molecule has 0 unspecified atom stereocenters. The van der Waals surface area contributed by atoms with E-state index in [1.165, 1.54) is 12.2 Å². The Morgan fingerprint density at radius 3 is 2.91 bits per heavy atom. The van der Waals surface area contributed by atoms with Crippen molar-refractivity contribution in [3.8, 4) is 11.8 Å². The highest BCUT2D eigenvalue weighted by atomic mass is 16.5. The number of aldehydes is 1. The Balaban J connectivity index is 3.51. The normalized spacial score (nSPS) is 8.45. The number of esters is 1. The highest BCUT2D eigenvalue weighted by molar-refractivity contribution is 5.88. The number of allylic oxidation sites excluding steroid dienone is 1. The molecule has 58 valence electrons. The van der Waals surface area contributed by atoms with Gasteiger partial charge in [-0.25, -0.2) is 4.79 Å². The Bertz CT molecular complexity index is 217. The van der Waals surface area contributed by atoms with Crippen LogP contribution < -0.4 is 0 Å². The van der Waals surface area contributed by atoms with Crippen molar-refractivity contribution in [2.75, 3.05) is 6.61 Å². The minimum atomic E-state index is -0.581. The predicted molar refractivity (Wildman–Crippen MR) is 39.6 cm³/mol. The largest absolute Gasteiger partial charge is 0.452 e. The standard InChI is InChI=1S/C8H8O3/c1-2-5-8(10)11-7-4-3-6-9/h3-4,6H,7H2,1H3/b4-3-. The van der Waals surface area contributed by atoms with Gasteiger partial charge in [0.05, 0.1) is 0 Å². The zero-order valence-electron chi connectivity index (χ0n) is 6.16. The highest BCUT2D eigenvalue weighted by Crippen LogP contribution is 1.77. The number of rotatable bonds is 3. The van der Waals surface area contributed by atoms with Crippen LogP contribution in [0.4, 0.5) is 0 Å². The molecule has 0 spiro atoms. The van der Waals surface area contributed by atoms with E-state index in [1.807, 2.05) is 0 Å². The lowest BCUT2D eigenvalue weighted by Gasteiger charge is -1.91. The summed E-state index contributed by atoms with van der Waals surface area (Å²) in [4.78, 5) is 20.2. The fourth-order valence-corrected chi connectivity index (χ4v) is 0.373. The summed E-state index contributed by atoms with van der Waals surface area (Å²) >= 11 is 0. The molecule has 0 N–H and O–H groups in total. The molecule has 3 heteroatoms. The van der Waals surface area contributed by atoms with Crippen molar-refractivity contribution in [3.63, 3.8) is 0 Å². The summed E-state index contributed by atoms with van der Waals surface area (Å²) in [6.45, 7) is 1.63. The number of carbonyl (C=O) groups excluding carboxylic acids is 2. The van der Waals surface area contributed by atoms with Gasteiger partial charge in [0.25, 0.3) is 0 Å². The number of hydrogen-bond donors (Lipinski definition) is 0. The lowest BCUT2D eigenvalue weighted by molar-refractivity contribution is -0.135. The van der Waals surface area contributed by atoms with Crippen LogP contribution in [-0.2, 0) is 14.3 Å². The Morgan fingerprint density at radius 2 is 2.36 bits per heavy atom. The minimum Gasteiger partial charge on any atom is -0.452 e. The lowest BCUT2D eigenvalue weighted by Crippen LogP contribution is -2.00. The van der Waals surface area contributed by atoms with Gasteiger partial charge in [0.2, 0.25) is 0 Å². The van der Waals surface area contributed by atoms with Crippen molar-refractivity contribution in [1.29, 1.82) is 0 Å². The summed E-state index contributed by atoms with van der Waals surface area (Å²) in [5.74, 6) is 4.00. The molecule has 0 radical (unpaired) electrons. The second-order valence-corrected chi connectivity index (χ2v) is 1.54. The Kier molecular flexibility index (Phi) is 5.63. The molecule has 3 nitrogen and oxygen atoms in total. The smallest absolute Gasteiger partial charge is 0.384 e. The Morgan fingerprint density at radius 1 is 1.64 bits per heavy atom. The highest BCUT2D eigenvalue weighted by Gasteiger charge is 1.90. The molecule has 0 fully saturated rings. The van der Waals surface area contributed by atoms with Crippen LogP contribution in [0.15, 0.2) is 12.2 Å². The maximum atomic E-state index is 10.5. The van der Waals surface area contributed by atoms with Crippen molar-refractivity contribution in [2.24, 2.45) is 0 Å². The number of ether oxygens (including phenoxy) is 1. The molecule has 0 aromatic heterocycles. The first-order chi connectivity index (χ1) is 5.31. The van der Waals surface area contributed by atoms with E-state index in [0.717, 1.165) is 0 Å². The van der Waals surface area contributed by atoms with Gasteiger partial charge in [-0.1, -0.05) is 5.92 Å². The summed E-state index contributed by atoms with van der Waals surface area (Å²) in [5.41, 5.74) is 0. The van der Waals surface area contributed by atoms with Crippen LogP contribution in [0, 0.1) is 11.8 Å². The summed E-state index contributed by atoms with van der Waals surface area (Å²) in [6, 6.07) is 0. The van der Waals surface area contributed by atoms with Crippen molar-refractivity contribution < 1.29 is 14.3 Å². The lowest BCUT2D eigenvalue weighted by atomic mass is 10.5. The predicted octanol–water partition coefficient (Wildman–Crippen LogP) is 0.308. The molecule has 0 aliphatic carbocycles. The first kappa shape index (κ1) is 9.44. The first-order valence-electron chi connectivity index (χ1n) is 3.01. The molecule has 0 aromatic carbocycles. The average Bonchev–Trinajstić information content (AvgIpc) is 1.99. The summed E-state index contributed by atoms with van der Waals surface area (Å²) in [6.07, 6.45) is 3.30. The van der Waals surface area contributed by atoms with Crippen LogP contribution in [0.2, 0.25) is 0 Å². The van der Waals surface area contributed by atoms with Crippen LogP contribution in [0.3, 0.4) is 0 Å². The van der Waals surface area contributed by atoms with Crippen LogP contribution in [-0.4, -0.2) is 18.9 Å². The Labute approximate surface area is 65.0 Å². The van der Waals surface area contributed by atoms with E-state index in [2.05, 4.69) is 16.6 Å². The Hall–Kier alpha value is -1.56. The number of hydrogen-bond acceptors (Lipinski definition) is 3. The fraction of sp³-hybridized carbons (Fsp3) is 0.250. The molecule has 11 heavy (non-hydrogen) atoms. The zero-order valence-corrected chi connectivity index (χ0v) is 6.16. The molecule has 0 rings (SSSR count). The van der Waals surface area contributed by atoms with Gasteiger partial charge in [-0.15, -0.1) is 0 Å². The van der Waals surface area contributed by atoms with Crippen LogP contribution in [0.1, 0.15) is 6.92 Å². The maximum Gasteiger partial charge on any atom is 0.384 e. The second-order valence-electron chi connectivity index (χ2n) is 1.54. The molecule has 0 saturated carbocycles. The summed E-state index contributed by atoms with van der Waals surface area (Å²) < 4.78 is 4.53. The third kappa shape index (κ3) is 6.32. The average molecular weight is 152 g/mol. The van der Waals surface area contributed by atoms with E-state index in [1.54, 1.807) is 6.92 Å². The van der Waals surface area contributed by atoms with E-state index >= 15 is 0 Å². The van der Waals surface area contributed by atoms with Gasteiger partial charge in [-0.2, -0.15) is 0 Å². The maximum absolute atomic E-state index is 10.5. The van der Waals surface area contributed by atoms with Crippen molar-refractivity contribution in [2.45, 2.75) is 6.92 Å². The SMILES string of the molecule is CC#CC(=O)OC/C=C\C=O. The molecule has 0 amide bonds. The monoisotopic (exact) mass is 152 g/mol. The van der Waals surface area contributed by atoms with Crippen molar-refractivity contribution >= 4 is 12.3 Å². The summed E-state index contributed by atoms with van der Waals surface area (Å²) in [5, 5.41) is 0. The second kappa shape index (κ2) is 6.56. The van der Waals surface area contributed by atoms with Gasteiger partial charge in [-0.3, -0.25) is 4.79 Å².